The van der Waals surface area contributed by atoms with E-state index >= 15 is 0 Å². The van der Waals surface area contributed by atoms with Gasteiger partial charge in [-0.05, 0) is 38.5 Å². The highest BCUT2D eigenvalue weighted by Crippen LogP contribution is 2.20. The van der Waals surface area contributed by atoms with Gasteiger partial charge in [0.1, 0.15) is 11.6 Å². The largest absolute Gasteiger partial charge is 0.464 e. The summed E-state index contributed by atoms with van der Waals surface area (Å²) in [7, 11) is 0. The average molecular weight is 301 g/mol. The zero-order chi connectivity index (χ0) is 16.8. The van der Waals surface area contributed by atoms with Crippen LogP contribution in [0, 0.1) is 11.3 Å². The van der Waals surface area contributed by atoms with Gasteiger partial charge >= 0.3 is 12.1 Å². The summed E-state index contributed by atoms with van der Waals surface area (Å²) >= 11 is 0. The molecule has 5 heteroatoms. The van der Waals surface area contributed by atoms with Crippen LogP contribution in [0.3, 0.4) is 0 Å². The number of carbonyl (C=O) groups is 2. The molecule has 0 aliphatic carbocycles. The number of carbonyl (C=O) groups excluding carboxylic acids is 2. The molecule has 0 saturated heterocycles. The summed E-state index contributed by atoms with van der Waals surface area (Å²) in [5.74, 6) is -0.493. The maximum absolute atomic E-state index is 12.2. The summed E-state index contributed by atoms with van der Waals surface area (Å²) in [4.78, 5) is 24.0. The van der Waals surface area contributed by atoms with Crippen molar-refractivity contribution in [3.05, 3.63) is 0 Å². The van der Waals surface area contributed by atoms with E-state index in [1.54, 1.807) is 20.8 Å². The van der Waals surface area contributed by atoms with Gasteiger partial charge in [0.15, 0.2) is 0 Å². The third-order valence-corrected chi connectivity index (χ3v) is 3.16. The predicted octanol–water partition coefficient (Wildman–Crippen LogP) is 3.52. The number of hydrogen-bond donors (Lipinski definition) is 1. The van der Waals surface area contributed by atoms with Crippen LogP contribution in [-0.4, -0.2) is 30.3 Å². The minimum Gasteiger partial charge on any atom is -0.464 e. The zero-order valence-electron chi connectivity index (χ0n) is 14.7. The molecule has 1 unspecified atom stereocenters. The normalized spacial score (nSPS) is 13.8. The average Bonchev–Trinajstić information content (AvgIpc) is 2.30. The van der Waals surface area contributed by atoms with Crippen LogP contribution in [0.25, 0.3) is 0 Å². The van der Waals surface area contributed by atoms with Crippen molar-refractivity contribution >= 4 is 12.1 Å². The summed E-state index contributed by atoms with van der Waals surface area (Å²) in [5, 5.41) is 2.59. The lowest BCUT2D eigenvalue weighted by Crippen LogP contribution is -2.47. The molecule has 0 fully saturated rings. The first-order valence-electron chi connectivity index (χ1n) is 7.54. The third-order valence-electron chi connectivity index (χ3n) is 3.16. The van der Waals surface area contributed by atoms with Crippen LogP contribution in [-0.2, 0) is 14.3 Å². The molecular weight excluding hydrogens is 270 g/mol. The Labute approximate surface area is 128 Å². The van der Waals surface area contributed by atoms with Gasteiger partial charge in [0, 0.05) is 0 Å². The molecule has 0 aromatic rings. The number of nitrogens with one attached hydrogen (secondary N) is 1. The second kappa shape index (κ2) is 7.66. The molecular formula is C16H31NO4. The highest BCUT2D eigenvalue weighted by molar-refractivity contribution is 5.81. The Morgan fingerprint density at radius 3 is 2.00 bits per heavy atom. The predicted molar refractivity (Wildman–Crippen MR) is 83.0 cm³/mol. The molecule has 0 bridgehead atoms. The highest BCUT2D eigenvalue weighted by atomic mass is 16.6. The maximum atomic E-state index is 12.2. The van der Waals surface area contributed by atoms with E-state index in [-0.39, 0.29) is 11.3 Å². The van der Waals surface area contributed by atoms with Crippen LogP contribution >= 0.6 is 0 Å². The fraction of sp³-hybridized carbons (Fsp3) is 0.875. The Morgan fingerprint density at radius 2 is 1.62 bits per heavy atom. The number of esters is 1. The van der Waals surface area contributed by atoms with E-state index in [1.807, 2.05) is 34.6 Å². The Morgan fingerprint density at radius 1 is 1.10 bits per heavy atom. The van der Waals surface area contributed by atoms with Crippen molar-refractivity contribution in [3.8, 4) is 0 Å². The van der Waals surface area contributed by atoms with E-state index < -0.39 is 23.7 Å². The lowest BCUT2D eigenvalue weighted by molar-refractivity contribution is -0.150. The Hall–Kier alpha value is -1.26. The van der Waals surface area contributed by atoms with Crippen molar-refractivity contribution < 1.29 is 19.1 Å². The molecule has 124 valence electrons. The summed E-state index contributed by atoms with van der Waals surface area (Å²) in [5.41, 5.74) is -0.664. The second-order valence-corrected chi connectivity index (χ2v) is 7.49. The molecule has 1 amide bonds. The van der Waals surface area contributed by atoms with Crippen molar-refractivity contribution in [2.45, 2.75) is 73.5 Å². The summed E-state index contributed by atoms with van der Waals surface area (Å²) in [6.45, 7) is 15.5. The minimum atomic E-state index is -0.701. The number of ether oxygens (including phenoxy) is 2. The van der Waals surface area contributed by atoms with Crippen LogP contribution in [0.2, 0.25) is 0 Å². The Kier molecular flexibility index (Phi) is 7.20. The number of amides is 1. The van der Waals surface area contributed by atoms with Gasteiger partial charge in [-0.3, -0.25) is 0 Å². The lowest BCUT2D eigenvalue weighted by Gasteiger charge is -2.27. The van der Waals surface area contributed by atoms with Crippen molar-refractivity contribution in [3.63, 3.8) is 0 Å². The molecule has 1 N–H and O–H groups in total. The van der Waals surface area contributed by atoms with Gasteiger partial charge in [-0.1, -0.05) is 34.6 Å². The van der Waals surface area contributed by atoms with Crippen LogP contribution in [0.4, 0.5) is 4.79 Å². The fourth-order valence-corrected chi connectivity index (χ4v) is 1.39. The van der Waals surface area contributed by atoms with Crippen LogP contribution < -0.4 is 5.32 Å². The SMILES string of the molecule is CCC(C)(C)COC(=O)C(NC(=O)OC(C)(C)C)C(C)C. The number of rotatable bonds is 6. The summed E-state index contributed by atoms with van der Waals surface area (Å²) in [6, 6.07) is -0.701. The molecule has 0 aromatic heterocycles. The zero-order valence-corrected chi connectivity index (χ0v) is 14.7. The molecule has 21 heavy (non-hydrogen) atoms. The molecule has 0 saturated carbocycles. The monoisotopic (exact) mass is 301 g/mol. The minimum absolute atomic E-state index is 0.0664. The van der Waals surface area contributed by atoms with Gasteiger partial charge in [0.05, 0.1) is 6.61 Å². The second-order valence-electron chi connectivity index (χ2n) is 7.49. The lowest BCUT2D eigenvalue weighted by atomic mass is 9.91. The van der Waals surface area contributed by atoms with Gasteiger partial charge < -0.3 is 14.8 Å². The third kappa shape index (κ3) is 8.58. The maximum Gasteiger partial charge on any atom is 0.408 e. The Balaban J connectivity index is 4.62. The van der Waals surface area contributed by atoms with E-state index in [0.717, 1.165) is 6.42 Å². The van der Waals surface area contributed by atoms with E-state index in [1.165, 1.54) is 0 Å². The van der Waals surface area contributed by atoms with Gasteiger partial charge in [-0.25, -0.2) is 9.59 Å². The molecule has 0 heterocycles. The van der Waals surface area contributed by atoms with Crippen molar-refractivity contribution in [2.24, 2.45) is 11.3 Å². The van der Waals surface area contributed by atoms with E-state index in [9.17, 15) is 9.59 Å². The van der Waals surface area contributed by atoms with Gasteiger partial charge in [0.25, 0.3) is 0 Å². The topological polar surface area (TPSA) is 64.6 Å². The first-order valence-corrected chi connectivity index (χ1v) is 7.54. The van der Waals surface area contributed by atoms with Crippen molar-refractivity contribution in [2.75, 3.05) is 6.61 Å². The number of alkyl carbamates (subject to hydrolysis) is 1. The molecule has 0 radical (unpaired) electrons. The van der Waals surface area contributed by atoms with Crippen molar-refractivity contribution in [1.82, 2.24) is 5.32 Å². The van der Waals surface area contributed by atoms with Gasteiger partial charge in [0.2, 0.25) is 0 Å². The molecule has 0 spiro atoms. The van der Waals surface area contributed by atoms with Crippen LogP contribution in [0.5, 0.6) is 0 Å². The highest BCUT2D eigenvalue weighted by Gasteiger charge is 2.29. The van der Waals surface area contributed by atoms with Crippen molar-refractivity contribution in [1.29, 1.82) is 0 Å². The quantitative estimate of drug-likeness (QED) is 0.762. The van der Waals surface area contributed by atoms with Crippen LogP contribution in [0.1, 0.15) is 61.8 Å². The first-order chi connectivity index (χ1) is 9.38. The van der Waals surface area contributed by atoms with E-state index in [4.69, 9.17) is 9.47 Å². The summed E-state index contributed by atoms with van der Waals surface area (Å²) < 4.78 is 10.5. The molecule has 1 atom stereocenters. The Bertz CT molecular complexity index is 356. The molecule has 5 nitrogen and oxygen atoms in total. The molecule has 0 rings (SSSR count). The first kappa shape index (κ1) is 19.7. The van der Waals surface area contributed by atoms with Gasteiger partial charge in [-0.2, -0.15) is 0 Å². The summed E-state index contributed by atoms with van der Waals surface area (Å²) in [6.07, 6.45) is 0.305. The fourth-order valence-electron chi connectivity index (χ4n) is 1.39. The van der Waals surface area contributed by atoms with Gasteiger partial charge in [-0.15, -0.1) is 0 Å². The molecule has 0 aliphatic heterocycles. The molecule has 0 aliphatic rings. The standard InChI is InChI=1S/C16H31NO4/c1-9-16(7,8)10-20-13(18)12(11(2)3)17-14(19)21-15(4,5)6/h11-12H,9-10H2,1-8H3,(H,17,19). The smallest absolute Gasteiger partial charge is 0.408 e. The van der Waals surface area contributed by atoms with Crippen LogP contribution in [0.15, 0.2) is 0 Å². The number of hydrogen-bond acceptors (Lipinski definition) is 4. The van der Waals surface area contributed by atoms with E-state index in [0.29, 0.717) is 6.61 Å². The molecule has 0 aromatic carbocycles. The van der Waals surface area contributed by atoms with E-state index in [2.05, 4.69) is 5.32 Å².